The van der Waals surface area contributed by atoms with Crippen molar-refractivity contribution < 1.29 is 13.6 Å². The lowest BCUT2D eigenvalue weighted by atomic mass is 10.1. The number of piperazine rings is 1. The summed E-state index contributed by atoms with van der Waals surface area (Å²) in [5.74, 6) is -0.143. The van der Waals surface area contributed by atoms with Crippen molar-refractivity contribution >= 4 is 34.3 Å². The van der Waals surface area contributed by atoms with Gasteiger partial charge in [-0.2, -0.15) is 0 Å². The van der Waals surface area contributed by atoms with Crippen LogP contribution in [0.15, 0.2) is 28.9 Å². The molecule has 1 aromatic carbocycles. The largest absolute Gasteiger partial charge is 0.462 e. The van der Waals surface area contributed by atoms with Gasteiger partial charge in [-0.1, -0.05) is 13.3 Å². The molecule has 5 nitrogen and oxygen atoms in total. The number of benzene rings is 1. The van der Waals surface area contributed by atoms with Crippen molar-refractivity contribution in [3.8, 4) is 0 Å². The van der Waals surface area contributed by atoms with Crippen LogP contribution in [0.4, 0.5) is 10.1 Å². The Morgan fingerprint density at radius 1 is 1.33 bits per heavy atom. The highest BCUT2D eigenvalue weighted by Gasteiger charge is 2.47. The zero-order valence-corrected chi connectivity index (χ0v) is 16.7. The Morgan fingerprint density at radius 3 is 2.78 bits per heavy atom. The van der Waals surface area contributed by atoms with Gasteiger partial charge in [0.05, 0.1) is 10.9 Å². The molecule has 2 unspecified atom stereocenters. The molecule has 2 fully saturated rings. The minimum absolute atomic E-state index is 0.00685. The molecule has 0 aliphatic carbocycles. The van der Waals surface area contributed by atoms with Gasteiger partial charge in [0.2, 0.25) is 5.91 Å². The fraction of sp³-hybridized carbons (Fsp3) is 0.550. The number of unbranched alkanes of at least 4 members (excludes halogenated alkanes) is 1. The van der Waals surface area contributed by atoms with Crippen molar-refractivity contribution in [2.24, 2.45) is 0 Å². The number of amides is 1. The van der Waals surface area contributed by atoms with E-state index in [2.05, 4.69) is 22.0 Å². The van der Waals surface area contributed by atoms with E-state index in [1.165, 1.54) is 12.1 Å². The topological polar surface area (TPSA) is 48.7 Å². The SMILES string of the molecule is CCCCC1(N2CCN(c3coc4cc(F)ccc34)CC2)NC(=O)C(C)S1. The molecule has 1 amide bonds. The van der Waals surface area contributed by atoms with Gasteiger partial charge in [0, 0.05) is 37.6 Å². The fourth-order valence-corrected chi connectivity index (χ4v) is 5.56. The zero-order valence-electron chi connectivity index (χ0n) is 15.8. The van der Waals surface area contributed by atoms with Crippen molar-refractivity contribution in [2.75, 3.05) is 31.1 Å². The van der Waals surface area contributed by atoms with E-state index in [9.17, 15) is 9.18 Å². The van der Waals surface area contributed by atoms with Crippen LogP contribution >= 0.6 is 11.8 Å². The molecule has 1 N–H and O–H groups in total. The number of carbonyl (C=O) groups is 1. The second kappa shape index (κ2) is 7.36. The Labute approximate surface area is 163 Å². The first-order chi connectivity index (χ1) is 13.0. The van der Waals surface area contributed by atoms with Gasteiger partial charge in [0.1, 0.15) is 22.7 Å². The molecule has 2 aliphatic heterocycles. The molecule has 2 atom stereocenters. The first kappa shape index (κ1) is 18.6. The molecule has 0 saturated carbocycles. The van der Waals surface area contributed by atoms with Crippen LogP contribution in [-0.4, -0.2) is 47.2 Å². The van der Waals surface area contributed by atoms with Crippen molar-refractivity contribution in [2.45, 2.75) is 43.4 Å². The number of halogens is 1. The lowest BCUT2D eigenvalue weighted by Gasteiger charge is -2.45. The summed E-state index contributed by atoms with van der Waals surface area (Å²) in [5, 5.41) is 4.22. The number of nitrogens with zero attached hydrogens (tertiary/aromatic N) is 2. The molecule has 0 spiro atoms. The number of hydrogen-bond acceptors (Lipinski definition) is 5. The monoisotopic (exact) mass is 391 g/mol. The molecule has 146 valence electrons. The lowest BCUT2D eigenvalue weighted by molar-refractivity contribution is -0.121. The Balaban J connectivity index is 1.49. The number of carbonyl (C=O) groups excluding carboxylic acids is 1. The van der Waals surface area contributed by atoms with Crippen molar-refractivity contribution in [1.29, 1.82) is 0 Å². The van der Waals surface area contributed by atoms with Crippen LogP contribution in [0, 0.1) is 5.82 Å². The van der Waals surface area contributed by atoms with Crippen LogP contribution in [0.2, 0.25) is 0 Å². The van der Waals surface area contributed by atoms with E-state index in [4.69, 9.17) is 4.42 Å². The number of nitrogens with one attached hydrogen (secondary N) is 1. The number of hydrogen-bond donors (Lipinski definition) is 1. The highest BCUT2D eigenvalue weighted by Crippen LogP contribution is 2.41. The number of thioether (sulfide) groups is 1. The van der Waals surface area contributed by atoms with Gasteiger partial charge in [-0.3, -0.25) is 9.69 Å². The highest BCUT2D eigenvalue weighted by atomic mass is 32.2. The van der Waals surface area contributed by atoms with Gasteiger partial charge in [0.25, 0.3) is 0 Å². The van der Waals surface area contributed by atoms with Gasteiger partial charge in [-0.25, -0.2) is 4.39 Å². The van der Waals surface area contributed by atoms with Crippen molar-refractivity contribution in [1.82, 2.24) is 10.2 Å². The maximum absolute atomic E-state index is 13.4. The molecule has 2 saturated heterocycles. The van der Waals surface area contributed by atoms with E-state index in [1.807, 2.05) is 6.92 Å². The molecule has 4 rings (SSSR count). The predicted molar refractivity (Wildman–Crippen MR) is 107 cm³/mol. The summed E-state index contributed by atoms with van der Waals surface area (Å²) in [4.78, 5) is 16.6. The summed E-state index contributed by atoms with van der Waals surface area (Å²) in [7, 11) is 0. The minimum Gasteiger partial charge on any atom is -0.462 e. The quantitative estimate of drug-likeness (QED) is 0.840. The van der Waals surface area contributed by atoms with Gasteiger partial charge in [-0.15, -0.1) is 11.8 Å². The third kappa shape index (κ3) is 3.43. The van der Waals surface area contributed by atoms with E-state index in [0.29, 0.717) is 5.58 Å². The number of anilines is 1. The molecule has 0 radical (unpaired) electrons. The molecule has 1 aromatic heterocycles. The van der Waals surface area contributed by atoms with Crippen LogP contribution in [0.1, 0.15) is 33.1 Å². The lowest BCUT2D eigenvalue weighted by Crippen LogP contribution is -2.60. The Hall–Kier alpha value is -1.73. The molecular formula is C20H26FN3O2S. The second-order valence-electron chi connectivity index (χ2n) is 7.37. The van der Waals surface area contributed by atoms with E-state index < -0.39 is 0 Å². The normalized spacial score (nSPS) is 26.7. The van der Waals surface area contributed by atoms with E-state index in [1.54, 1.807) is 24.1 Å². The summed E-state index contributed by atoms with van der Waals surface area (Å²) in [5.41, 5.74) is 1.60. The Bertz CT molecular complexity index is 834. The fourth-order valence-electron chi connectivity index (χ4n) is 4.06. The van der Waals surface area contributed by atoms with Gasteiger partial charge in [0.15, 0.2) is 0 Å². The maximum atomic E-state index is 13.4. The first-order valence-corrected chi connectivity index (χ1v) is 10.6. The summed E-state index contributed by atoms with van der Waals surface area (Å²) < 4.78 is 19.0. The standard InChI is InChI=1S/C20H26FN3O2S/c1-3-4-7-20(22-19(25)14(2)27-20)24-10-8-23(9-11-24)17-13-26-18-12-15(21)5-6-16(17)18/h5-6,12-14H,3-4,7-11H2,1-2H3,(H,22,25). The third-order valence-electron chi connectivity index (χ3n) is 5.58. The maximum Gasteiger partial charge on any atom is 0.235 e. The smallest absolute Gasteiger partial charge is 0.235 e. The van der Waals surface area contributed by atoms with Crippen LogP contribution < -0.4 is 10.2 Å². The Kier molecular flexibility index (Phi) is 5.07. The van der Waals surface area contributed by atoms with Crippen molar-refractivity contribution in [3.63, 3.8) is 0 Å². The van der Waals surface area contributed by atoms with E-state index >= 15 is 0 Å². The Morgan fingerprint density at radius 2 is 2.11 bits per heavy atom. The molecule has 3 heterocycles. The second-order valence-corrected chi connectivity index (χ2v) is 8.99. The summed E-state index contributed by atoms with van der Waals surface area (Å²) in [6.45, 7) is 7.62. The number of furan rings is 1. The van der Waals surface area contributed by atoms with Crippen LogP contribution in [0.5, 0.6) is 0 Å². The summed E-state index contributed by atoms with van der Waals surface area (Å²) >= 11 is 1.76. The highest BCUT2D eigenvalue weighted by molar-refractivity contribution is 8.02. The molecule has 27 heavy (non-hydrogen) atoms. The van der Waals surface area contributed by atoms with Crippen molar-refractivity contribution in [3.05, 3.63) is 30.3 Å². The van der Waals surface area contributed by atoms with Crippen LogP contribution in [0.25, 0.3) is 11.0 Å². The average Bonchev–Trinajstić information content (AvgIpc) is 3.21. The molecule has 2 aromatic rings. The van der Waals surface area contributed by atoms with Gasteiger partial charge in [-0.05, 0) is 31.9 Å². The minimum atomic E-state index is -0.283. The van der Waals surface area contributed by atoms with Crippen LogP contribution in [-0.2, 0) is 4.79 Å². The first-order valence-electron chi connectivity index (χ1n) is 9.69. The van der Waals surface area contributed by atoms with Gasteiger partial charge < -0.3 is 14.6 Å². The van der Waals surface area contributed by atoms with E-state index in [-0.39, 0.29) is 22.0 Å². The summed E-state index contributed by atoms with van der Waals surface area (Å²) in [6, 6.07) is 4.69. The predicted octanol–water partition coefficient (Wildman–Crippen LogP) is 3.79. The molecule has 7 heteroatoms. The number of fused-ring (bicyclic) bond motifs is 1. The summed E-state index contributed by atoms with van der Waals surface area (Å²) in [6.07, 6.45) is 4.90. The zero-order chi connectivity index (χ0) is 19.0. The number of rotatable bonds is 5. The van der Waals surface area contributed by atoms with Gasteiger partial charge >= 0.3 is 0 Å². The van der Waals surface area contributed by atoms with Crippen LogP contribution in [0.3, 0.4) is 0 Å². The van der Waals surface area contributed by atoms with E-state index in [0.717, 1.165) is 56.5 Å². The average molecular weight is 392 g/mol. The molecular weight excluding hydrogens is 365 g/mol. The molecule has 0 bridgehead atoms. The molecule has 2 aliphatic rings. The third-order valence-corrected chi connectivity index (χ3v) is 7.10.